The number of rotatable bonds is 5. The van der Waals surface area contributed by atoms with E-state index in [2.05, 4.69) is 5.32 Å². The normalized spacial score (nSPS) is 38.4. The van der Waals surface area contributed by atoms with Crippen LogP contribution in [0.1, 0.15) is 53.6 Å². The number of nitrogens with two attached hydrogens (primary N) is 1. The van der Waals surface area contributed by atoms with E-state index >= 15 is 0 Å². The first-order chi connectivity index (χ1) is 18.9. The van der Waals surface area contributed by atoms with Crippen LogP contribution in [0.3, 0.4) is 0 Å². The van der Waals surface area contributed by atoms with Crippen molar-refractivity contribution < 1.29 is 34.2 Å². The van der Waals surface area contributed by atoms with Crippen LogP contribution in [0.4, 0.5) is 0 Å². The quantitative estimate of drug-likeness (QED) is 0.374. The van der Waals surface area contributed by atoms with Gasteiger partial charge in [0.1, 0.15) is 5.75 Å². The molecule has 5 aliphatic carbocycles. The summed E-state index contributed by atoms with van der Waals surface area (Å²) in [5.41, 5.74) is 3.62. The summed E-state index contributed by atoms with van der Waals surface area (Å²) in [7, 11) is 3.11. The van der Waals surface area contributed by atoms with Gasteiger partial charge in [-0.3, -0.25) is 28.9 Å². The number of Topliss-reactive ketones (excluding diaryl/α,β-unsaturated/α-hetero) is 4. The predicted octanol–water partition coefficient (Wildman–Crippen LogP) is 0.799. The van der Waals surface area contributed by atoms with Crippen molar-refractivity contribution in [1.82, 2.24) is 10.2 Å². The minimum atomic E-state index is -2.74. The summed E-state index contributed by atoms with van der Waals surface area (Å²) in [6.45, 7) is 0.428. The van der Waals surface area contributed by atoms with Crippen molar-refractivity contribution in [3.8, 4) is 5.75 Å². The van der Waals surface area contributed by atoms with Crippen molar-refractivity contribution in [2.24, 2.45) is 41.2 Å². The summed E-state index contributed by atoms with van der Waals surface area (Å²) < 4.78 is 0. The number of aliphatic hydroxyl groups is 1. The molecule has 11 heteroatoms. The summed E-state index contributed by atoms with van der Waals surface area (Å²) in [5.74, 6) is -9.23. The van der Waals surface area contributed by atoms with Crippen molar-refractivity contribution >= 4 is 40.6 Å². The van der Waals surface area contributed by atoms with Crippen LogP contribution in [-0.2, 0) is 32.1 Å². The van der Waals surface area contributed by atoms with Gasteiger partial charge in [0.2, 0.25) is 5.91 Å². The number of likely N-dealkylation sites (N-methyl/N-ethyl adjacent to an activating group) is 1. The van der Waals surface area contributed by atoms with Crippen molar-refractivity contribution in [3.05, 3.63) is 27.8 Å². The molecule has 40 heavy (non-hydrogen) atoms. The molecule has 1 aromatic rings. The average Bonchev–Trinajstić information content (AvgIpc) is 3.50. The van der Waals surface area contributed by atoms with E-state index in [1.54, 1.807) is 14.1 Å². The Morgan fingerprint density at radius 3 is 2.45 bits per heavy atom. The van der Waals surface area contributed by atoms with Gasteiger partial charge in [0.05, 0.1) is 17.5 Å². The summed E-state index contributed by atoms with van der Waals surface area (Å²) in [6.07, 6.45) is 4.99. The van der Waals surface area contributed by atoms with E-state index < -0.39 is 64.4 Å². The number of aromatic hydroxyl groups is 1. The smallest absolute Gasteiger partial charge is 0.235 e. The Bertz CT molecular complexity index is 1360. The highest BCUT2D eigenvalue weighted by Crippen LogP contribution is 2.52. The lowest BCUT2D eigenvalue weighted by Gasteiger charge is -2.52. The van der Waals surface area contributed by atoms with Crippen LogP contribution >= 0.6 is 11.6 Å². The Morgan fingerprint density at radius 1 is 1.12 bits per heavy atom. The zero-order valence-electron chi connectivity index (χ0n) is 22.5. The number of carbonyl (C=O) groups is 5. The minimum absolute atomic E-state index is 0.00535. The van der Waals surface area contributed by atoms with Crippen molar-refractivity contribution in [1.29, 1.82) is 0 Å². The third kappa shape index (κ3) is 3.76. The van der Waals surface area contributed by atoms with E-state index in [4.69, 9.17) is 17.3 Å². The van der Waals surface area contributed by atoms with E-state index in [-0.39, 0.29) is 24.2 Å². The zero-order chi connectivity index (χ0) is 28.8. The minimum Gasteiger partial charge on any atom is -0.507 e. The van der Waals surface area contributed by atoms with Gasteiger partial charge in [0, 0.05) is 23.5 Å². The van der Waals surface area contributed by atoms with E-state index in [1.807, 2.05) is 0 Å². The molecule has 9 atom stereocenters. The second-order valence-electron chi connectivity index (χ2n) is 12.7. The fraction of sp³-hybridized carbons (Fsp3) is 0.621. The monoisotopic (exact) mass is 571 g/mol. The van der Waals surface area contributed by atoms with Gasteiger partial charge < -0.3 is 21.3 Å². The molecular formula is C29H34ClN3O7. The van der Waals surface area contributed by atoms with Crippen LogP contribution in [0, 0.1) is 35.5 Å². The van der Waals surface area contributed by atoms with Gasteiger partial charge in [-0.25, -0.2) is 0 Å². The van der Waals surface area contributed by atoms with Crippen LogP contribution in [-0.4, -0.2) is 75.9 Å². The number of phenolic OH excluding ortho intramolecular Hbond substituents is 1. The number of ketones is 4. The standard InChI is InChI=1S/C29H34ClN3O7/c1-33(2)23-16-8-13-7-15-20(18(34)9-14(22(15)30)10-32-17-6-11-3-4-12(17)5-11)24(35)19(13)26(37)29(16,40)27(38)21(25(23)36)28(31)39/h9,11-13,16-17,19,21,23,32,34,40H,3-8,10H2,1-2H3,(H2,31,39)/t11?,12?,13-,16-,17+,19?,21?,23-,29-/m0/s1. The zero-order valence-corrected chi connectivity index (χ0v) is 23.2. The predicted molar refractivity (Wildman–Crippen MR) is 142 cm³/mol. The Labute approximate surface area is 236 Å². The van der Waals surface area contributed by atoms with Crippen LogP contribution in [0.2, 0.25) is 5.02 Å². The molecule has 1 aromatic carbocycles. The maximum atomic E-state index is 13.9. The van der Waals surface area contributed by atoms with Gasteiger partial charge in [0.25, 0.3) is 0 Å². The molecule has 0 aromatic heterocycles. The van der Waals surface area contributed by atoms with E-state index in [0.29, 0.717) is 34.7 Å². The molecule has 0 radical (unpaired) electrons. The Balaban J connectivity index is 1.35. The van der Waals surface area contributed by atoms with Gasteiger partial charge in [-0.05, 0) is 81.1 Å². The number of hydrogen-bond acceptors (Lipinski definition) is 9. The van der Waals surface area contributed by atoms with Gasteiger partial charge in [-0.15, -0.1) is 0 Å². The summed E-state index contributed by atoms with van der Waals surface area (Å²) in [5, 5.41) is 26.5. The number of carbonyl (C=O) groups excluding carboxylic acids is 5. The third-order valence-electron chi connectivity index (χ3n) is 10.4. The first-order valence-corrected chi connectivity index (χ1v) is 14.3. The molecule has 4 unspecified atom stereocenters. The molecule has 6 rings (SSSR count). The number of fused-ring (bicyclic) bond motifs is 5. The highest BCUT2D eigenvalue weighted by molar-refractivity contribution is 6.34. The van der Waals surface area contributed by atoms with E-state index in [1.165, 1.54) is 30.2 Å². The number of nitrogens with one attached hydrogen (secondary N) is 1. The maximum absolute atomic E-state index is 13.9. The Kier molecular flexibility index (Phi) is 6.49. The Hall–Kier alpha value is -2.66. The third-order valence-corrected chi connectivity index (χ3v) is 10.8. The van der Waals surface area contributed by atoms with Crippen molar-refractivity contribution in [2.45, 2.75) is 62.8 Å². The van der Waals surface area contributed by atoms with Gasteiger partial charge in [-0.1, -0.05) is 18.0 Å². The number of amides is 1. The fourth-order valence-corrected chi connectivity index (χ4v) is 8.87. The van der Waals surface area contributed by atoms with Gasteiger partial charge in [-0.2, -0.15) is 0 Å². The largest absolute Gasteiger partial charge is 0.507 e. The molecule has 4 saturated carbocycles. The fourth-order valence-electron chi connectivity index (χ4n) is 8.57. The summed E-state index contributed by atoms with van der Waals surface area (Å²) >= 11 is 6.83. The lowest BCUT2D eigenvalue weighted by molar-refractivity contribution is -0.181. The molecule has 5 N–H and O–H groups in total. The molecule has 5 aliphatic rings. The first-order valence-electron chi connectivity index (χ1n) is 14.0. The number of phenols is 1. The molecule has 10 nitrogen and oxygen atoms in total. The highest BCUT2D eigenvalue weighted by Gasteiger charge is 2.69. The molecule has 0 aliphatic heterocycles. The van der Waals surface area contributed by atoms with Crippen molar-refractivity contribution in [2.75, 3.05) is 14.1 Å². The van der Waals surface area contributed by atoms with Crippen molar-refractivity contribution in [3.63, 3.8) is 0 Å². The summed E-state index contributed by atoms with van der Waals surface area (Å²) in [4.78, 5) is 67.7. The number of primary amides is 1. The number of halogens is 1. The lowest BCUT2D eigenvalue weighted by Crippen LogP contribution is -2.74. The average molecular weight is 572 g/mol. The van der Waals surface area contributed by atoms with E-state index in [9.17, 15) is 34.2 Å². The maximum Gasteiger partial charge on any atom is 0.235 e. The van der Waals surface area contributed by atoms with Gasteiger partial charge in [0.15, 0.2) is 34.7 Å². The topological polar surface area (TPSA) is 167 Å². The second kappa shape index (κ2) is 9.44. The first kappa shape index (κ1) is 27.5. The number of benzene rings is 1. The second-order valence-corrected chi connectivity index (χ2v) is 13.1. The number of hydrogen-bond donors (Lipinski definition) is 4. The molecule has 214 valence electrons. The molecule has 2 bridgehead atoms. The SMILES string of the molecule is CN(C)[C@@H]1C(=O)C(C(N)=O)C(=O)[C@@]2(O)C(=O)C3C(=O)c4c(O)cc(CN[C@@H]5CC6CCC5C6)c(Cl)c4C[C@H]3C[C@@H]12. The summed E-state index contributed by atoms with van der Waals surface area (Å²) in [6, 6.07) is 0.698. The van der Waals surface area contributed by atoms with Crippen LogP contribution in [0.15, 0.2) is 6.07 Å². The van der Waals surface area contributed by atoms with Crippen LogP contribution < -0.4 is 11.1 Å². The molecule has 0 saturated heterocycles. The number of nitrogens with zero attached hydrogens (tertiary/aromatic N) is 1. The Morgan fingerprint density at radius 2 is 1.85 bits per heavy atom. The highest BCUT2D eigenvalue weighted by atomic mass is 35.5. The van der Waals surface area contributed by atoms with Gasteiger partial charge >= 0.3 is 0 Å². The molecule has 0 heterocycles. The lowest BCUT2D eigenvalue weighted by atomic mass is 9.52. The molecular weight excluding hydrogens is 538 g/mol. The van der Waals surface area contributed by atoms with E-state index in [0.717, 1.165) is 12.3 Å². The molecule has 4 fully saturated rings. The molecule has 0 spiro atoms. The van der Waals surface area contributed by atoms with Crippen LogP contribution in [0.5, 0.6) is 5.75 Å². The van der Waals surface area contributed by atoms with Crippen LogP contribution in [0.25, 0.3) is 0 Å². The molecule has 1 amide bonds.